The number of hydrogen-bond acceptors (Lipinski definition) is 4. The molecule has 20 heavy (non-hydrogen) atoms. The molecule has 1 aliphatic rings. The summed E-state index contributed by atoms with van der Waals surface area (Å²) in [4.78, 5) is 0. The summed E-state index contributed by atoms with van der Waals surface area (Å²) in [5.74, 6) is 0.00157. The van der Waals surface area contributed by atoms with Gasteiger partial charge in [0.1, 0.15) is 0 Å². The Morgan fingerprint density at radius 2 is 2.20 bits per heavy atom. The Hall–Kier alpha value is -1.11. The molecule has 0 radical (unpaired) electrons. The van der Waals surface area contributed by atoms with Crippen LogP contribution in [0, 0.1) is 0 Å². The number of fused-ring (bicyclic) bond motifs is 1. The standard InChI is InChI=1S/C14H22N2O3S/c1-11(19-2)10-20(17,18)16-7-3-4-13-8-12(9-15)5-6-14(13)16/h5-6,8,11H,3-4,7,9-10,15H2,1-2H3. The van der Waals surface area contributed by atoms with Crippen molar-refractivity contribution in [3.05, 3.63) is 29.3 Å². The van der Waals surface area contributed by atoms with Crippen LogP contribution in [0.25, 0.3) is 0 Å². The van der Waals surface area contributed by atoms with E-state index in [1.165, 1.54) is 11.4 Å². The normalized spacial score (nSPS) is 16.9. The van der Waals surface area contributed by atoms with Gasteiger partial charge in [0, 0.05) is 20.2 Å². The van der Waals surface area contributed by atoms with Gasteiger partial charge in [0.15, 0.2) is 0 Å². The summed E-state index contributed by atoms with van der Waals surface area (Å²) in [6, 6.07) is 5.77. The lowest BCUT2D eigenvalue weighted by Gasteiger charge is -2.31. The van der Waals surface area contributed by atoms with Crippen LogP contribution >= 0.6 is 0 Å². The lowest BCUT2D eigenvalue weighted by Crippen LogP contribution is -2.39. The molecule has 0 spiro atoms. The molecule has 2 rings (SSSR count). The quantitative estimate of drug-likeness (QED) is 0.888. The summed E-state index contributed by atoms with van der Waals surface area (Å²) >= 11 is 0. The van der Waals surface area contributed by atoms with E-state index < -0.39 is 10.0 Å². The van der Waals surface area contributed by atoms with Crippen molar-refractivity contribution in [1.82, 2.24) is 0 Å². The molecule has 2 N–H and O–H groups in total. The Kier molecular flexibility index (Phi) is 4.67. The van der Waals surface area contributed by atoms with Crippen LogP contribution in [0.15, 0.2) is 18.2 Å². The molecule has 0 amide bonds. The fraction of sp³-hybridized carbons (Fsp3) is 0.571. The van der Waals surface area contributed by atoms with Crippen molar-refractivity contribution in [3.8, 4) is 0 Å². The monoisotopic (exact) mass is 298 g/mol. The summed E-state index contributed by atoms with van der Waals surface area (Å²) in [5.41, 5.74) is 8.53. The van der Waals surface area contributed by atoms with E-state index in [1.807, 2.05) is 18.2 Å². The number of sulfonamides is 1. The highest BCUT2D eigenvalue weighted by Crippen LogP contribution is 2.30. The second kappa shape index (κ2) is 6.11. The van der Waals surface area contributed by atoms with Gasteiger partial charge in [-0.2, -0.15) is 0 Å². The lowest BCUT2D eigenvalue weighted by atomic mass is 10.0. The molecule has 0 aromatic heterocycles. The summed E-state index contributed by atoms with van der Waals surface area (Å²) in [7, 11) is -1.82. The molecule has 0 bridgehead atoms. The van der Waals surface area contributed by atoms with Crippen molar-refractivity contribution >= 4 is 15.7 Å². The number of aryl methyl sites for hydroxylation is 1. The van der Waals surface area contributed by atoms with E-state index >= 15 is 0 Å². The second-order valence-electron chi connectivity index (χ2n) is 5.17. The molecule has 0 saturated carbocycles. The second-order valence-corrected chi connectivity index (χ2v) is 7.11. The van der Waals surface area contributed by atoms with Crippen LogP contribution in [-0.4, -0.2) is 33.9 Å². The minimum Gasteiger partial charge on any atom is -0.381 e. The van der Waals surface area contributed by atoms with Crippen LogP contribution in [0.3, 0.4) is 0 Å². The molecular formula is C14H22N2O3S. The van der Waals surface area contributed by atoms with Gasteiger partial charge in [0.25, 0.3) is 0 Å². The molecule has 112 valence electrons. The molecule has 6 heteroatoms. The van der Waals surface area contributed by atoms with Crippen molar-refractivity contribution in [2.75, 3.05) is 23.7 Å². The van der Waals surface area contributed by atoms with E-state index in [0.29, 0.717) is 13.1 Å². The SMILES string of the molecule is COC(C)CS(=O)(=O)N1CCCc2cc(CN)ccc21. The number of anilines is 1. The van der Waals surface area contributed by atoms with E-state index in [2.05, 4.69) is 0 Å². The molecule has 0 aliphatic carbocycles. The zero-order chi connectivity index (χ0) is 14.8. The molecule has 1 aromatic carbocycles. The maximum atomic E-state index is 12.5. The van der Waals surface area contributed by atoms with Gasteiger partial charge >= 0.3 is 0 Å². The average Bonchev–Trinajstić information content (AvgIpc) is 2.45. The molecule has 1 aliphatic heterocycles. The maximum Gasteiger partial charge on any atom is 0.237 e. The van der Waals surface area contributed by atoms with Gasteiger partial charge in [-0.05, 0) is 37.0 Å². The highest BCUT2D eigenvalue weighted by atomic mass is 32.2. The van der Waals surface area contributed by atoms with Gasteiger partial charge in [-0.3, -0.25) is 4.31 Å². The summed E-state index contributed by atoms with van der Waals surface area (Å²) < 4.78 is 31.6. The fourth-order valence-corrected chi connectivity index (χ4v) is 4.28. The first kappa shape index (κ1) is 15.3. The van der Waals surface area contributed by atoms with Crippen LogP contribution < -0.4 is 10.0 Å². The van der Waals surface area contributed by atoms with Crippen LogP contribution in [-0.2, 0) is 27.7 Å². The van der Waals surface area contributed by atoms with Crippen LogP contribution in [0.2, 0.25) is 0 Å². The molecule has 1 heterocycles. The van der Waals surface area contributed by atoms with E-state index in [1.54, 1.807) is 6.92 Å². The summed E-state index contributed by atoms with van der Waals surface area (Å²) in [5, 5.41) is 0. The van der Waals surface area contributed by atoms with Gasteiger partial charge < -0.3 is 10.5 Å². The number of rotatable bonds is 5. The number of nitrogens with two attached hydrogens (primary N) is 1. The fourth-order valence-electron chi connectivity index (χ4n) is 2.49. The summed E-state index contributed by atoms with van der Waals surface area (Å²) in [6.07, 6.45) is 1.42. The predicted molar refractivity (Wildman–Crippen MR) is 80.3 cm³/mol. The van der Waals surface area contributed by atoms with Crippen molar-refractivity contribution in [2.24, 2.45) is 5.73 Å². The molecule has 1 unspecified atom stereocenters. The summed E-state index contributed by atoms with van der Waals surface area (Å²) in [6.45, 7) is 2.77. The average molecular weight is 298 g/mol. The highest BCUT2D eigenvalue weighted by molar-refractivity contribution is 7.92. The zero-order valence-electron chi connectivity index (χ0n) is 12.0. The molecule has 1 atom stereocenters. The Morgan fingerprint density at radius 3 is 2.85 bits per heavy atom. The van der Waals surface area contributed by atoms with Crippen LogP contribution in [0.5, 0.6) is 0 Å². The van der Waals surface area contributed by atoms with Gasteiger partial charge in [-0.25, -0.2) is 8.42 Å². The van der Waals surface area contributed by atoms with Crippen molar-refractivity contribution < 1.29 is 13.2 Å². The van der Waals surface area contributed by atoms with Crippen molar-refractivity contribution in [1.29, 1.82) is 0 Å². The van der Waals surface area contributed by atoms with Crippen molar-refractivity contribution in [2.45, 2.75) is 32.4 Å². The molecule has 0 saturated heterocycles. The Balaban J connectivity index is 2.32. The number of benzene rings is 1. The van der Waals surface area contributed by atoms with E-state index in [9.17, 15) is 8.42 Å². The third-order valence-corrected chi connectivity index (χ3v) is 5.58. The zero-order valence-corrected chi connectivity index (χ0v) is 12.8. The van der Waals surface area contributed by atoms with E-state index in [0.717, 1.165) is 29.7 Å². The molecule has 0 fully saturated rings. The van der Waals surface area contributed by atoms with Gasteiger partial charge in [0.2, 0.25) is 10.0 Å². The molecular weight excluding hydrogens is 276 g/mol. The minimum atomic E-state index is -3.35. The minimum absolute atomic E-state index is 0.00157. The number of ether oxygens (including phenoxy) is 1. The Bertz CT molecular complexity index is 572. The van der Waals surface area contributed by atoms with Gasteiger partial charge in [0.05, 0.1) is 17.5 Å². The Morgan fingerprint density at radius 1 is 1.45 bits per heavy atom. The number of methoxy groups -OCH3 is 1. The van der Waals surface area contributed by atoms with E-state index in [4.69, 9.17) is 10.5 Å². The maximum absolute atomic E-state index is 12.5. The first-order valence-corrected chi connectivity index (χ1v) is 8.44. The number of hydrogen-bond donors (Lipinski definition) is 1. The van der Waals surface area contributed by atoms with Gasteiger partial charge in [-0.15, -0.1) is 0 Å². The first-order chi connectivity index (χ1) is 9.47. The third kappa shape index (κ3) is 3.13. The highest BCUT2D eigenvalue weighted by Gasteiger charge is 2.28. The Labute approximate surface area is 120 Å². The molecule has 5 nitrogen and oxygen atoms in total. The van der Waals surface area contributed by atoms with Crippen LogP contribution in [0.4, 0.5) is 5.69 Å². The third-order valence-electron chi connectivity index (χ3n) is 3.64. The van der Waals surface area contributed by atoms with Crippen LogP contribution in [0.1, 0.15) is 24.5 Å². The number of nitrogens with zero attached hydrogens (tertiary/aromatic N) is 1. The largest absolute Gasteiger partial charge is 0.381 e. The van der Waals surface area contributed by atoms with E-state index in [-0.39, 0.29) is 11.9 Å². The van der Waals surface area contributed by atoms with Gasteiger partial charge in [-0.1, -0.05) is 12.1 Å². The lowest BCUT2D eigenvalue weighted by molar-refractivity contribution is 0.136. The first-order valence-electron chi connectivity index (χ1n) is 6.83. The molecule has 1 aromatic rings. The van der Waals surface area contributed by atoms with Crippen molar-refractivity contribution in [3.63, 3.8) is 0 Å². The predicted octanol–water partition coefficient (Wildman–Crippen LogP) is 1.26. The smallest absolute Gasteiger partial charge is 0.237 e. The topological polar surface area (TPSA) is 72.6 Å².